The second-order valence-electron chi connectivity index (χ2n) is 6.18. The Morgan fingerprint density at radius 1 is 1.04 bits per heavy atom. The van der Waals surface area contributed by atoms with Gasteiger partial charge in [0.2, 0.25) is 0 Å². The number of hydrogen-bond donors (Lipinski definition) is 0. The molecule has 0 aliphatic heterocycles. The molecule has 0 fully saturated rings. The molecule has 0 radical (unpaired) electrons. The van der Waals surface area contributed by atoms with Crippen molar-refractivity contribution in [1.29, 1.82) is 0 Å². The van der Waals surface area contributed by atoms with Crippen LogP contribution in [0, 0.1) is 0 Å². The van der Waals surface area contributed by atoms with Gasteiger partial charge >= 0.3 is 0 Å². The van der Waals surface area contributed by atoms with Crippen molar-refractivity contribution in [3.63, 3.8) is 0 Å². The van der Waals surface area contributed by atoms with E-state index in [0.29, 0.717) is 12.5 Å². The number of rotatable bonds is 8. The minimum atomic E-state index is 0.490. The molecule has 5 heteroatoms. The van der Waals surface area contributed by atoms with Gasteiger partial charge in [-0.25, -0.2) is 4.98 Å². The second-order valence-corrected chi connectivity index (χ2v) is 8.14. The molecule has 3 nitrogen and oxygen atoms in total. The quantitative estimate of drug-likeness (QED) is 0.435. The molecule has 0 saturated heterocycles. The Kier molecular flexibility index (Phi) is 6.58. The van der Waals surface area contributed by atoms with Crippen LogP contribution in [0.25, 0.3) is 0 Å². The Morgan fingerprint density at radius 3 is 2.50 bits per heavy atom. The Morgan fingerprint density at radius 2 is 1.77 bits per heavy atom. The van der Waals surface area contributed by atoms with Gasteiger partial charge in [-0.15, -0.1) is 23.1 Å². The van der Waals surface area contributed by atoms with E-state index in [1.54, 1.807) is 18.4 Å². The zero-order chi connectivity index (χ0) is 18.4. The Labute approximate surface area is 163 Å². The van der Waals surface area contributed by atoms with E-state index >= 15 is 0 Å². The summed E-state index contributed by atoms with van der Waals surface area (Å²) in [5, 5.41) is 3.12. The van der Waals surface area contributed by atoms with Crippen molar-refractivity contribution in [3.8, 4) is 11.5 Å². The van der Waals surface area contributed by atoms with Crippen LogP contribution in [0.1, 0.15) is 36.0 Å². The van der Waals surface area contributed by atoms with Crippen LogP contribution in [-0.4, -0.2) is 12.1 Å². The third kappa shape index (κ3) is 5.02. The van der Waals surface area contributed by atoms with Crippen LogP contribution < -0.4 is 9.47 Å². The summed E-state index contributed by atoms with van der Waals surface area (Å²) in [6.07, 6.45) is 0. The Hall–Kier alpha value is -1.98. The molecule has 0 N–H and O–H groups in total. The zero-order valence-corrected chi connectivity index (χ0v) is 16.9. The summed E-state index contributed by atoms with van der Waals surface area (Å²) in [5.74, 6) is 3.06. The zero-order valence-electron chi connectivity index (χ0n) is 15.3. The minimum Gasteiger partial charge on any atom is -0.497 e. The van der Waals surface area contributed by atoms with Crippen LogP contribution in [0.2, 0.25) is 0 Å². The molecule has 0 atom stereocenters. The van der Waals surface area contributed by atoms with E-state index in [-0.39, 0.29) is 0 Å². The van der Waals surface area contributed by atoms with Crippen molar-refractivity contribution in [3.05, 3.63) is 70.2 Å². The van der Waals surface area contributed by atoms with Gasteiger partial charge in [0.25, 0.3) is 0 Å². The number of thiazole rings is 1. The minimum absolute atomic E-state index is 0.490. The number of thioether (sulfide) groups is 1. The molecule has 0 aliphatic carbocycles. The van der Waals surface area contributed by atoms with Gasteiger partial charge < -0.3 is 9.47 Å². The number of benzene rings is 2. The fourth-order valence-electron chi connectivity index (χ4n) is 2.54. The summed E-state index contributed by atoms with van der Waals surface area (Å²) >= 11 is 3.50. The maximum Gasteiger partial charge on any atom is 0.140 e. The molecule has 3 rings (SSSR count). The van der Waals surface area contributed by atoms with Gasteiger partial charge in [-0.3, -0.25) is 0 Å². The number of ether oxygens (including phenoxy) is 2. The molecular formula is C21H23NO2S2. The second kappa shape index (κ2) is 9.10. The van der Waals surface area contributed by atoms with Crippen LogP contribution in [0.3, 0.4) is 0 Å². The molecule has 1 aromatic heterocycles. The van der Waals surface area contributed by atoms with Crippen LogP contribution in [0.5, 0.6) is 11.5 Å². The van der Waals surface area contributed by atoms with Crippen LogP contribution in [0.15, 0.2) is 58.8 Å². The lowest BCUT2D eigenvalue weighted by atomic mass is 10.0. The monoisotopic (exact) mass is 385 g/mol. The highest BCUT2D eigenvalue weighted by Crippen LogP contribution is 2.31. The van der Waals surface area contributed by atoms with E-state index in [1.165, 1.54) is 10.5 Å². The average Bonchev–Trinajstić information content (AvgIpc) is 3.13. The SMILES string of the molecule is COc1ccc(OCc2nc(CSc3ccccc3C(C)C)cs2)cc1. The van der Waals surface area contributed by atoms with Crippen LogP contribution in [-0.2, 0) is 12.4 Å². The van der Waals surface area contributed by atoms with Gasteiger partial charge in [0.05, 0.1) is 12.8 Å². The van der Waals surface area contributed by atoms with Gasteiger partial charge in [-0.2, -0.15) is 0 Å². The summed E-state index contributed by atoms with van der Waals surface area (Å²) < 4.78 is 11.0. The van der Waals surface area contributed by atoms with E-state index < -0.39 is 0 Å². The first-order valence-electron chi connectivity index (χ1n) is 8.57. The van der Waals surface area contributed by atoms with E-state index in [0.717, 1.165) is 28.0 Å². The van der Waals surface area contributed by atoms with Crippen molar-refractivity contribution >= 4 is 23.1 Å². The first-order valence-corrected chi connectivity index (χ1v) is 10.4. The number of methoxy groups -OCH3 is 1. The molecule has 0 aliphatic rings. The number of hydrogen-bond acceptors (Lipinski definition) is 5. The standard InChI is InChI=1S/C21H23NO2S2/c1-15(2)19-6-4-5-7-20(19)25-13-16-14-26-21(22-16)12-24-18-10-8-17(23-3)9-11-18/h4-11,14-15H,12-13H2,1-3H3. The molecular weight excluding hydrogens is 362 g/mol. The lowest BCUT2D eigenvalue weighted by Crippen LogP contribution is -1.95. The van der Waals surface area contributed by atoms with E-state index in [4.69, 9.17) is 14.5 Å². The molecule has 0 spiro atoms. The predicted octanol–water partition coefficient (Wildman–Crippen LogP) is 6.15. The van der Waals surface area contributed by atoms with Gasteiger partial charge in [-0.1, -0.05) is 32.0 Å². The van der Waals surface area contributed by atoms with Gasteiger partial charge in [0, 0.05) is 16.0 Å². The van der Waals surface area contributed by atoms with Crippen molar-refractivity contribution < 1.29 is 9.47 Å². The molecule has 0 amide bonds. The Bertz CT molecular complexity index is 828. The molecule has 26 heavy (non-hydrogen) atoms. The van der Waals surface area contributed by atoms with E-state index in [2.05, 4.69) is 43.5 Å². The van der Waals surface area contributed by atoms with Gasteiger partial charge in [-0.05, 0) is 41.8 Å². The topological polar surface area (TPSA) is 31.4 Å². The summed E-state index contributed by atoms with van der Waals surface area (Å²) in [6, 6.07) is 16.2. The fraction of sp³-hybridized carbons (Fsp3) is 0.286. The van der Waals surface area contributed by atoms with Crippen LogP contribution >= 0.6 is 23.1 Å². The molecule has 0 unspecified atom stereocenters. The smallest absolute Gasteiger partial charge is 0.140 e. The summed E-state index contributed by atoms with van der Waals surface area (Å²) in [4.78, 5) is 6.04. The van der Waals surface area contributed by atoms with Crippen molar-refractivity contribution in [2.75, 3.05) is 7.11 Å². The van der Waals surface area contributed by atoms with Crippen molar-refractivity contribution in [2.24, 2.45) is 0 Å². The lowest BCUT2D eigenvalue weighted by molar-refractivity contribution is 0.304. The molecule has 0 bridgehead atoms. The van der Waals surface area contributed by atoms with E-state index in [1.807, 2.05) is 36.0 Å². The first kappa shape index (κ1) is 18.8. The van der Waals surface area contributed by atoms with Crippen molar-refractivity contribution in [2.45, 2.75) is 37.0 Å². The lowest BCUT2D eigenvalue weighted by Gasteiger charge is -2.11. The van der Waals surface area contributed by atoms with E-state index in [9.17, 15) is 0 Å². The maximum absolute atomic E-state index is 5.80. The summed E-state index contributed by atoms with van der Waals surface area (Å²) in [6.45, 7) is 4.96. The molecule has 2 aromatic carbocycles. The van der Waals surface area contributed by atoms with Gasteiger partial charge in [0.15, 0.2) is 0 Å². The van der Waals surface area contributed by atoms with Crippen molar-refractivity contribution in [1.82, 2.24) is 4.98 Å². The Balaban J connectivity index is 1.55. The number of nitrogens with zero attached hydrogens (tertiary/aromatic N) is 1. The highest BCUT2D eigenvalue weighted by molar-refractivity contribution is 7.98. The average molecular weight is 386 g/mol. The molecule has 0 saturated carbocycles. The van der Waals surface area contributed by atoms with Gasteiger partial charge in [0.1, 0.15) is 23.1 Å². The predicted molar refractivity (Wildman–Crippen MR) is 110 cm³/mol. The molecule has 1 heterocycles. The fourth-order valence-corrected chi connectivity index (χ4v) is 4.45. The summed E-state index contributed by atoms with van der Waals surface area (Å²) in [7, 11) is 1.66. The number of aromatic nitrogens is 1. The normalized spacial score (nSPS) is 10.9. The molecule has 3 aromatic rings. The summed E-state index contributed by atoms with van der Waals surface area (Å²) in [5.41, 5.74) is 2.50. The maximum atomic E-state index is 5.80. The first-order chi connectivity index (χ1) is 12.7. The van der Waals surface area contributed by atoms with Crippen LogP contribution in [0.4, 0.5) is 0 Å². The third-order valence-electron chi connectivity index (χ3n) is 3.94. The highest BCUT2D eigenvalue weighted by Gasteiger charge is 2.08. The molecule has 136 valence electrons. The highest BCUT2D eigenvalue weighted by atomic mass is 32.2. The largest absolute Gasteiger partial charge is 0.497 e. The third-order valence-corrected chi connectivity index (χ3v) is 5.93.